The Labute approximate surface area is 128 Å². The minimum absolute atomic E-state index is 0.227. The summed E-state index contributed by atoms with van der Waals surface area (Å²) in [7, 11) is 0. The number of rotatable bonds is 3. The molecule has 102 valence electrons. The highest BCUT2D eigenvalue weighted by Crippen LogP contribution is 2.25. The molecule has 0 bridgehead atoms. The fraction of sp³-hybridized carbons (Fsp3) is 0.0625. The van der Waals surface area contributed by atoms with Gasteiger partial charge in [0.2, 0.25) is 5.91 Å². The first kappa shape index (κ1) is 14.6. The van der Waals surface area contributed by atoms with Gasteiger partial charge in [-0.15, -0.1) is 0 Å². The largest absolute Gasteiger partial charge is 0.322 e. The molecule has 0 radical (unpaired) electrons. The van der Waals surface area contributed by atoms with Gasteiger partial charge < -0.3 is 5.32 Å². The van der Waals surface area contributed by atoms with Gasteiger partial charge in [0.1, 0.15) is 0 Å². The van der Waals surface area contributed by atoms with E-state index in [4.69, 9.17) is 23.2 Å². The van der Waals surface area contributed by atoms with E-state index in [1.54, 1.807) is 24.3 Å². The van der Waals surface area contributed by atoms with Crippen LogP contribution in [0.25, 0.3) is 6.08 Å². The molecule has 2 rings (SSSR count). The Hall–Kier alpha value is -1.77. The van der Waals surface area contributed by atoms with Crippen LogP contribution in [0.2, 0.25) is 10.0 Å². The third-order valence-corrected chi connectivity index (χ3v) is 3.46. The zero-order chi connectivity index (χ0) is 14.5. The lowest BCUT2D eigenvalue weighted by molar-refractivity contribution is -0.111. The number of halogens is 2. The van der Waals surface area contributed by atoms with E-state index in [1.807, 2.05) is 31.2 Å². The Morgan fingerprint density at radius 3 is 2.35 bits per heavy atom. The van der Waals surface area contributed by atoms with Crippen LogP contribution in [-0.4, -0.2) is 5.91 Å². The Morgan fingerprint density at radius 1 is 1.05 bits per heavy atom. The van der Waals surface area contributed by atoms with Crippen LogP contribution in [-0.2, 0) is 4.79 Å². The highest BCUT2D eigenvalue weighted by molar-refractivity contribution is 6.37. The summed E-state index contributed by atoms with van der Waals surface area (Å²) in [4.78, 5) is 11.9. The van der Waals surface area contributed by atoms with E-state index in [0.717, 1.165) is 11.3 Å². The summed E-state index contributed by atoms with van der Waals surface area (Å²) in [5, 5.41) is 3.83. The minimum Gasteiger partial charge on any atom is -0.322 e. The van der Waals surface area contributed by atoms with Crippen molar-refractivity contribution in [1.29, 1.82) is 0 Å². The second-order valence-electron chi connectivity index (χ2n) is 4.27. The molecule has 0 heterocycles. The first-order valence-electron chi connectivity index (χ1n) is 6.06. The van der Waals surface area contributed by atoms with Crippen LogP contribution in [0, 0.1) is 6.92 Å². The van der Waals surface area contributed by atoms with Gasteiger partial charge in [-0.05, 0) is 36.8 Å². The maximum Gasteiger partial charge on any atom is 0.248 e. The van der Waals surface area contributed by atoms with E-state index in [2.05, 4.69) is 5.32 Å². The van der Waals surface area contributed by atoms with Crippen molar-refractivity contribution in [2.45, 2.75) is 6.92 Å². The fourth-order valence-corrected chi connectivity index (χ4v) is 2.24. The second-order valence-corrected chi connectivity index (χ2v) is 5.09. The Bertz CT molecular complexity index is 645. The summed E-state index contributed by atoms with van der Waals surface area (Å²) in [5.41, 5.74) is 2.42. The average molecular weight is 306 g/mol. The first-order chi connectivity index (χ1) is 9.58. The van der Waals surface area contributed by atoms with Gasteiger partial charge in [0, 0.05) is 27.4 Å². The Balaban J connectivity index is 2.12. The molecule has 2 nitrogen and oxygen atoms in total. The maximum absolute atomic E-state index is 11.9. The molecule has 1 N–H and O–H groups in total. The van der Waals surface area contributed by atoms with Crippen LogP contribution < -0.4 is 5.32 Å². The zero-order valence-corrected chi connectivity index (χ0v) is 12.4. The number of para-hydroxylation sites is 1. The van der Waals surface area contributed by atoms with Crippen LogP contribution in [0.3, 0.4) is 0 Å². The van der Waals surface area contributed by atoms with Crippen LogP contribution in [0.5, 0.6) is 0 Å². The highest BCUT2D eigenvalue weighted by atomic mass is 35.5. The Morgan fingerprint density at radius 2 is 1.70 bits per heavy atom. The van der Waals surface area contributed by atoms with Gasteiger partial charge in [0.15, 0.2) is 0 Å². The summed E-state index contributed by atoms with van der Waals surface area (Å²) < 4.78 is 0. The van der Waals surface area contributed by atoms with Crippen LogP contribution in [0.4, 0.5) is 5.69 Å². The predicted octanol–water partition coefficient (Wildman–Crippen LogP) is 4.95. The lowest BCUT2D eigenvalue weighted by Gasteiger charge is -2.05. The van der Waals surface area contributed by atoms with Crippen LogP contribution in [0.1, 0.15) is 11.1 Å². The van der Waals surface area contributed by atoms with Crippen LogP contribution in [0.15, 0.2) is 48.5 Å². The second kappa shape index (κ2) is 6.60. The van der Waals surface area contributed by atoms with E-state index < -0.39 is 0 Å². The molecule has 0 aliphatic carbocycles. The quantitative estimate of drug-likeness (QED) is 0.798. The monoisotopic (exact) mass is 305 g/mol. The number of anilines is 1. The molecular formula is C16H13Cl2NO. The number of hydrogen-bond acceptors (Lipinski definition) is 1. The molecular weight excluding hydrogens is 293 g/mol. The normalized spacial score (nSPS) is 10.8. The van der Waals surface area contributed by atoms with E-state index >= 15 is 0 Å². The summed E-state index contributed by atoms with van der Waals surface area (Å²) in [5.74, 6) is -0.227. The van der Waals surface area contributed by atoms with E-state index in [0.29, 0.717) is 15.6 Å². The van der Waals surface area contributed by atoms with Crippen molar-refractivity contribution in [1.82, 2.24) is 0 Å². The molecule has 0 spiro atoms. The molecule has 0 saturated heterocycles. The molecule has 0 atom stereocenters. The smallest absolute Gasteiger partial charge is 0.248 e. The molecule has 0 aliphatic heterocycles. The highest BCUT2D eigenvalue weighted by Gasteiger charge is 2.04. The van der Waals surface area contributed by atoms with Gasteiger partial charge >= 0.3 is 0 Å². The third-order valence-electron chi connectivity index (χ3n) is 2.80. The summed E-state index contributed by atoms with van der Waals surface area (Å²) >= 11 is 12.1. The summed E-state index contributed by atoms with van der Waals surface area (Å²) in [6, 6.07) is 12.8. The van der Waals surface area contributed by atoms with Crippen molar-refractivity contribution in [3.63, 3.8) is 0 Å². The molecule has 0 fully saturated rings. The van der Waals surface area contributed by atoms with Crippen LogP contribution >= 0.6 is 23.2 Å². The Kier molecular flexibility index (Phi) is 4.83. The van der Waals surface area contributed by atoms with Gasteiger partial charge in [0.25, 0.3) is 0 Å². The standard InChI is InChI=1S/C16H13Cl2NO/c1-11-5-2-3-8-15(11)19-16(20)10-9-12-13(17)6-4-7-14(12)18/h2-10H,1H3,(H,19,20). The number of amides is 1. The summed E-state index contributed by atoms with van der Waals surface area (Å²) in [6.45, 7) is 1.93. The lowest BCUT2D eigenvalue weighted by atomic mass is 10.2. The van der Waals surface area contributed by atoms with Crippen molar-refractivity contribution in [2.24, 2.45) is 0 Å². The molecule has 1 amide bonds. The number of hydrogen-bond donors (Lipinski definition) is 1. The lowest BCUT2D eigenvalue weighted by Crippen LogP contribution is -2.08. The summed E-state index contributed by atoms with van der Waals surface area (Å²) in [6.07, 6.45) is 3.03. The molecule has 0 unspecified atom stereocenters. The fourth-order valence-electron chi connectivity index (χ4n) is 1.72. The van der Waals surface area contributed by atoms with E-state index in [9.17, 15) is 4.79 Å². The molecule has 2 aromatic carbocycles. The minimum atomic E-state index is -0.227. The van der Waals surface area contributed by atoms with Gasteiger partial charge in [-0.25, -0.2) is 0 Å². The predicted molar refractivity (Wildman–Crippen MR) is 85.3 cm³/mol. The maximum atomic E-state index is 11.9. The third kappa shape index (κ3) is 3.62. The zero-order valence-electron chi connectivity index (χ0n) is 10.9. The van der Waals surface area contributed by atoms with Crippen molar-refractivity contribution >= 4 is 40.9 Å². The van der Waals surface area contributed by atoms with Crippen molar-refractivity contribution in [2.75, 3.05) is 5.32 Å². The van der Waals surface area contributed by atoms with Gasteiger partial charge in [-0.2, -0.15) is 0 Å². The first-order valence-corrected chi connectivity index (χ1v) is 6.82. The number of nitrogens with one attached hydrogen (secondary N) is 1. The van der Waals surface area contributed by atoms with Gasteiger partial charge in [-0.1, -0.05) is 47.5 Å². The van der Waals surface area contributed by atoms with Crippen molar-refractivity contribution in [3.05, 3.63) is 69.7 Å². The number of aryl methyl sites for hydroxylation is 1. The molecule has 2 aromatic rings. The van der Waals surface area contributed by atoms with Gasteiger partial charge in [0.05, 0.1) is 0 Å². The van der Waals surface area contributed by atoms with E-state index in [1.165, 1.54) is 6.08 Å². The SMILES string of the molecule is Cc1ccccc1NC(=O)C=Cc1c(Cl)cccc1Cl. The molecule has 4 heteroatoms. The number of benzene rings is 2. The number of carbonyl (C=O) groups is 1. The van der Waals surface area contributed by atoms with Crippen molar-refractivity contribution < 1.29 is 4.79 Å². The molecule has 0 aromatic heterocycles. The van der Waals surface area contributed by atoms with E-state index in [-0.39, 0.29) is 5.91 Å². The molecule has 0 saturated carbocycles. The van der Waals surface area contributed by atoms with Gasteiger partial charge in [-0.3, -0.25) is 4.79 Å². The molecule has 0 aliphatic rings. The topological polar surface area (TPSA) is 29.1 Å². The number of carbonyl (C=O) groups excluding carboxylic acids is 1. The van der Waals surface area contributed by atoms with Crippen molar-refractivity contribution in [3.8, 4) is 0 Å². The molecule has 20 heavy (non-hydrogen) atoms. The average Bonchev–Trinajstić information content (AvgIpc) is 2.41.